The molecule has 2 aliphatic rings. The Bertz CT molecular complexity index is 1280. The molecular formula is C22H21N5OS2. The normalized spacial score (nSPS) is 17.5. The third-order valence-electron chi connectivity index (χ3n) is 5.76. The lowest BCUT2D eigenvalue weighted by atomic mass is 10.1. The minimum atomic E-state index is -0.0788. The van der Waals surface area contributed by atoms with Crippen LogP contribution in [0.1, 0.15) is 61.5 Å². The van der Waals surface area contributed by atoms with E-state index in [2.05, 4.69) is 26.7 Å². The van der Waals surface area contributed by atoms with Crippen molar-refractivity contribution in [1.82, 2.24) is 24.7 Å². The number of aromatic amines is 1. The Morgan fingerprint density at radius 1 is 1.17 bits per heavy atom. The van der Waals surface area contributed by atoms with Crippen molar-refractivity contribution in [2.45, 2.75) is 55.0 Å². The molecule has 2 saturated carbocycles. The molecule has 1 atom stereocenters. The van der Waals surface area contributed by atoms with Gasteiger partial charge < -0.3 is 9.55 Å². The molecule has 0 spiro atoms. The van der Waals surface area contributed by atoms with Crippen LogP contribution in [-0.4, -0.2) is 24.7 Å². The summed E-state index contributed by atoms with van der Waals surface area (Å²) in [6.45, 7) is 2.07. The lowest BCUT2D eigenvalue weighted by Crippen LogP contribution is -2.12. The molecule has 30 heavy (non-hydrogen) atoms. The lowest BCUT2D eigenvalue weighted by molar-refractivity contribution is 0.625. The Morgan fingerprint density at radius 3 is 2.70 bits per heavy atom. The minimum absolute atomic E-state index is 0.0156. The zero-order valence-corrected chi connectivity index (χ0v) is 18.2. The molecule has 1 N–H and O–H groups in total. The van der Waals surface area contributed by atoms with Gasteiger partial charge in [0.1, 0.15) is 16.5 Å². The summed E-state index contributed by atoms with van der Waals surface area (Å²) in [4.78, 5) is 21.6. The number of thioether (sulfide) groups is 1. The Kier molecular flexibility index (Phi) is 4.31. The molecule has 1 aromatic carbocycles. The molecule has 0 amide bonds. The number of H-pyrrole nitrogens is 1. The maximum Gasteiger partial charge on any atom is 0.260 e. The van der Waals surface area contributed by atoms with E-state index in [1.807, 2.05) is 35.7 Å². The summed E-state index contributed by atoms with van der Waals surface area (Å²) in [5.74, 6) is 2.42. The summed E-state index contributed by atoms with van der Waals surface area (Å²) in [5, 5.41) is 12.6. The molecule has 0 unspecified atom stereocenters. The van der Waals surface area contributed by atoms with Crippen LogP contribution in [0.4, 0.5) is 0 Å². The first-order chi connectivity index (χ1) is 14.7. The van der Waals surface area contributed by atoms with E-state index < -0.39 is 0 Å². The van der Waals surface area contributed by atoms with Gasteiger partial charge in [0.25, 0.3) is 5.56 Å². The van der Waals surface area contributed by atoms with Crippen LogP contribution in [-0.2, 0) is 0 Å². The van der Waals surface area contributed by atoms with Gasteiger partial charge in [0.05, 0.1) is 10.6 Å². The first-order valence-corrected chi connectivity index (χ1v) is 12.1. The molecule has 152 valence electrons. The van der Waals surface area contributed by atoms with Gasteiger partial charge >= 0.3 is 0 Å². The van der Waals surface area contributed by atoms with Crippen molar-refractivity contribution in [2.24, 2.45) is 0 Å². The highest BCUT2D eigenvalue weighted by Crippen LogP contribution is 2.47. The quantitative estimate of drug-likeness (QED) is 0.415. The van der Waals surface area contributed by atoms with Crippen LogP contribution in [0.15, 0.2) is 45.7 Å². The van der Waals surface area contributed by atoms with E-state index in [1.54, 1.807) is 11.8 Å². The second-order valence-electron chi connectivity index (χ2n) is 8.12. The van der Waals surface area contributed by atoms with E-state index in [0.29, 0.717) is 23.2 Å². The monoisotopic (exact) mass is 435 g/mol. The molecule has 0 bridgehead atoms. The van der Waals surface area contributed by atoms with Crippen molar-refractivity contribution >= 4 is 33.3 Å². The Morgan fingerprint density at radius 2 is 1.97 bits per heavy atom. The summed E-state index contributed by atoms with van der Waals surface area (Å²) in [6.07, 6.45) is 4.86. The maximum absolute atomic E-state index is 13.0. The third-order valence-corrected chi connectivity index (χ3v) is 7.70. The predicted molar refractivity (Wildman–Crippen MR) is 120 cm³/mol. The van der Waals surface area contributed by atoms with Gasteiger partial charge in [0, 0.05) is 22.9 Å². The third kappa shape index (κ3) is 3.18. The second-order valence-corrected chi connectivity index (χ2v) is 10.3. The number of benzene rings is 1. The Labute approximate surface area is 181 Å². The average molecular weight is 436 g/mol. The fourth-order valence-electron chi connectivity index (χ4n) is 3.87. The first-order valence-electron chi connectivity index (χ1n) is 10.4. The number of thiophene rings is 1. The number of hydrogen-bond donors (Lipinski definition) is 1. The van der Waals surface area contributed by atoms with Gasteiger partial charge in [-0.15, -0.1) is 21.5 Å². The SMILES string of the molecule is C[C@@H](Sc1nnc(C2CC2)n1C1CC1)c1nc2scc(-c3ccccc3)c2c(=O)[nH]1. The molecule has 2 fully saturated rings. The van der Waals surface area contributed by atoms with E-state index in [0.717, 1.165) is 26.9 Å². The smallest absolute Gasteiger partial charge is 0.260 e. The molecule has 8 heteroatoms. The molecule has 0 radical (unpaired) electrons. The van der Waals surface area contributed by atoms with Crippen LogP contribution >= 0.6 is 23.1 Å². The topological polar surface area (TPSA) is 76.5 Å². The lowest BCUT2D eigenvalue weighted by Gasteiger charge is -2.12. The van der Waals surface area contributed by atoms with E-state index in [4.69, 9.17) is 4.98 Å². The molecule has 0 aliphatic heterocycles. The van der Waals surface area contributed by atoms with E-state index in [9.17, 15) is 4.79 Å². The molecule has 3 aromatic heterocycles. The number of fused-ring (bicyclic) bond motifs is 1. The highest BCUT2D eigenvalue weighted by atomic mass is 32.2. The van der Waals surface area contributed by atoms with Crippen molar-refractivity contribution < 1.29 is 0 Å². The molecule has 2 aliphatic carbocycles. The number of hydrogen-bond acceptors (Lipinski definition) is 6. The van der Waals surface area contributed by atoms with Crippen molar-refractivity contribution in [3.05, 3.63) is 57.7 Å². The average Bonchev–Trinajstić information content (AvgIpc) is 3.69. The summed E-state index contributed by atoms with van der Waals surface area (Å²) in [5.41, 5.74) is 1.90. The van der Waals surface area contributed by atoms with Crippen molar-refractivity contribution in [3.63, 3.8) is 0 Å². The van der Waals surface area contributed by atoms with Crippen molar-refractivity contribution in [1.29, 1.82) is 0 Å². The maximum atomic E-state index is 13.0. The zero-order chi connectivity index (χ0) is 20.2. The van der Waals surface area contributed by atoms with E-state index >= 15 is 0 Å². The van der Waals surface area contributed by atoms with Crippen LogP contribution in [0.25, 0.3) is 21.3 Å². The summed E-state index contributed by atoms with van der Waals surface area (Å²) in [6, 6.07) is 10.5. The number of aromatic nitrogens is 5. The molecule has 3 heterocycles. The van der Waals surface area contributed by atoms with Crippen LogP contribution in [0.2, 0.25) is 0 Å². The number of nitrogens with zero attached hydrogens (tertiary/aromatic N) is 4. The van der Waals surface area contributed by atoms with Gasteiger partial charge in [-0.25, -0.2) is 4.98 Å². The Balaban J connectivity index is 1.33. The van der Waals surface area contributed by atoms with Gasteiger partial charge in [0.2, 0.25) is 0 Å². The number of rotatable bonds is 6. The molecule has 6 nitrogen and oxygen atoms in total. The number of nitrogens with one attached hydrogen (secondary N) is 1. The standard InChI is InChI=1S/C22H21N5OS2/c1-12(30-22-26-25-19(14-7-8-14)27(22)15-9-10-15)18-23-20(28)17-16(11-29-21(17)24-18)13-5-3-2-4-6-13/h2-6,11-12,14-15H,7-10H2,1H3,(H,23,24,28)/t12-/m1/s1. The highest BCUT2D eigenvalue weighted by molar-refractivity contribution is 7.99. The van der Waals surface area contributed by atoms with Crippen LogP contribution in [0.5, 0.6) is 0 Å². The molecule has 0 saturated heterocycles. The summed E-state index contributed by atoms with van der Waals surface area (Å²) in [7, 11) is 0. The van der Waals surface area contributed by atoms with Crippen LogP contribution < -0.4 is 5.56 Å². The van der Waals surface area contributed by atoms with Gasteiger partial charge in [-0.05, 0) is 38.2 Å². The van der Waals surface area contributed by atoms with Crippen LogP contribution in [0, 0.1) is 0 Å². The van der Waals surface area contributed by atoms with Gasteiger partial charge in [-0.3, -0.25) is 4.79 Å². The fourth-order valence-corrected chi connectivity index (χ4v) is 5.81. The fraction of sp³-hybridized carbons (Fsp3) is 0.364. The Hall–Kier alpha value is -2.45. The largest absolute Gasteiger partial charge is 0.309 e. The predicted octanol–water partition coefficient (Wildman–Crippen LogP) is 5.31. The first kappa shape index (κ1) is 18.3. The minimum Gasteiger partial charge on any atom is -0.309 e. The van der Waals surface area contributed by atoms with Gasteiger partial charge in [-0.1, -0.05) is 42.1 Å². The summed E-state index contributed by atoms with van der Waals surface area (Å²) >= 11 is 3.16. The van der Waals surface area contributed by atoms with Gasteiger partial charge in [0.15, 0.2) is 5.16 Å². The molecular weight excluding hydrogens is 414 g/mol. The van der Waals surface area contributed by atoms with Crippen molar-refractivity contribution in [3.8, 4) is 11.1 Å². The van der Waals surface area contributed by atoms with Crippen LogP contribution in [0.3, 0.4) is 0 Å². The summed E-state index contributed by atoms with van der Waals surface area (Å²) < 4.78 is 2.34. The molecule has 6 rings (SSSR count). The van der Waals surface area contributed by atoms with E-state index in [-0.39, 0.29) is 10.8 Å². The van der Waals surface area contributed by atoms with Gasteiger partial charge in [-0.2, -0.15) is 0 Å². The van der Waals surface area contributed by atoms with E-state index in [1.165, 1.54) is 37.0 Å². The highest BCUT2D eigenvalue weighted by Gasteiger charge is 2.36. The zero-order valence-electron chi connectivity index (χ0n) is 16.5. The second kappa shape index (κ2) is 7.06. The molecule has 4 aromatic rings. The van der Waals surface area contributed by atoms with Crippen molar-refractivity contribution in [2.75, 3.05) is 0 Å².